The molecule has 5 heteroatoms. The van der Waals surface area contributed by atoms with Gasteiger partial charge in [-0.15, -0.1) is 0 Å². The first-order valence-corrected chi connectivity index (χ1v) is 5.18. The van der Waals surface area contributed by atoms with Crippen LogP contribution in [0.4, 0.5) is 0 Å². The minimum absolute atomic E-state index is 0.429. The van der Waals surface area contributed by atoms with Crippen molar-refractivity contribution in [2.24, 2.45) is 0 Å². The van der Waals surface area contributed by atoms with Crippen molar-refractivity contribution in [1.82, 2.24) is 5.32 Å². The van der Waals surface area contributed by atoms with Gasteiger partial charge in [0.1, 0.15) is 0 Å². The molecular weight excluding hydrogens is 198 g/mol. The fourth-order valence-electron chi connectivity index (χ4n) is 2.08. The lowest BCUT2D eigenvalue weighted by Crippen LogP contribution is -2.57. The Kier molecular flexibility index (Phi) is 3.68. The highest BCUT2D eigenvalue weighted by molar-refractivity contribution is 5.83. The van der Waals surface area contributed by atoms with Crippen molar-refractivity contribution in [3.63, 3.8) is 0 Å². The lowest BCUT2D eigenvalue weighted by atomic mass is 9.79. The molecule has 1 rings (SSSR count). The molecule has 0 saturated heterocycles. The summed E-state index contributed by atoms with van der Waals surface area (Å²) in [6.45, 7) is 1.25. The SMILES string of the molecule is CC(=O)NC(C(=O)O)C1(O)CCCCC1. The number of hydrogen-bond acceptors (Lipinski definition) is 3. The fourth-order valence-corrected chi connectivity index (χ4v) is 2.08. The highest BCUT2D eigenvalue weighted by Crippen LogP contribution is 2.31. The standard InChI is InChI=1S/C10H17NO4/c1-7(12)11-8(9(13)14)10(15)5-3-2-4-6-10/h8,15H,2-6H2,1H3,(H,11,12)(H,13,14). The van der Waals surface area contributed by atoms with Crippen molar-refractivity contribution in [2.75, 3.05) is 0 Å². The van der Waals surface area contributed by atoms with Crippen molar-refractivity contribution < 1.29 is 19.8 Å². The maximum absolute atomic E-state index is 11.0. The molecule has 3 N–H and O–H groups in total. The number of aliphatic carboxylic acids is 1. The summed E-state index contributed by atoms with van der Waals surface area (Å²) in [7, 11) is 0. The zero-order valence-electron chi connectivity index (χ0n) is 8.82. The number of carboxylic acids is 1. The zero-order valence-corrected chi connectivity index (χ0v) is 8.82. The van der Waals surface area contributed by atoms with E-state index in [0.29, 0.717) is 12.8 Å². The monoisotopic (exact) mass is 215 g/mol. The molecule has 0 aromatic carbocycles. The third-order valence-electron chi connectivity index (χ3n) is 2.85. The van der Waals surface area contributed by atoms with Gasteiger partial charge in [-0.1, -0.05) is 19.3 Å². The molecule has 1 unspecified atom stereocenters. The molecule has 1 aliphatic carbocycles. The van der Waals surface area contributed by atoms with Crippen LogP contribution >= 0.6 is 0 Å². The predicted molar refractivity (Wildman–Crippen MR) is 53.3 cm³/mol. The number of nitrogens with one attached hydrogen (secondary N) is 1. The summed E-state index contributed by atoms with van der Waals surface area (Å²) in [5.41, 5.74) is -1.28. The summed E-state index contributed by atoms with van der Waals surface area (Å²) in [5.74, 6) is -1.60. The van der Waals surface area contributed by atoms with Crippen LogP contribution in [0.2, 0.25) is 0 Å². The van der Waals surface area contributed by atoms with Gasteiger partial charge in [-0.3, -0.25) is 4.79 Å². The van der Waals surface area contributed by atoms with E-state index in [0.717, 1.165) is 19.3 Å². The van der Waals surface area contributed by atoms with Crippen LogP contribution < -0.4 is 5.32 Å². The van der Waals surface area contributed by atoms with Gasteiger partial charge in [0.25, 0.3) is 0 Å². The molecule has 0 spiro atoms. The highest BCUT2D eigenvalue weighted by atomic mass is 16.4. The first-order chi connectivity index (χ1) is 6.96. The number of aliphatic hydroxyl groups is 1. The lowest BCUT2D eigenvalue weighted by Gasteiger charge is -2.36. The van der Waals surface area contributed by atoms with Crippen molar-refractivity contribution in [2.45, 2.75) is 50.7 Å². The predicted octanol–water partition coefficient (Wildman–Crippen LogP) is 0.271. The molecule has 1 saturated carbocycles. The van der Waals surface area contributed by atoms with Crippen LogP contribution in [-0.4, -0.2) is 33.7 Å². The van der Waals surface area contributed by atoms with Crippen LogP contribution in [0.5, 0.6) is 0 Å². The minimum Gasteiger partial charge on any atom is -0.480 e. The molecule has 86 valence electrons. The summed E-state index contributed by atoms with van der Waals surface area (Å²) >= 11 is 0. The Bertz CT molecular complexity index is 258. The van der Waals surface area contributed by atoms with Crippen LogP contribution in [0.1, 0.15) is 39.0 Å². The normalized spacial score (nSPS) is 21.7. The van der Waals surface area contributed by atoms with Crippen LogP contribution in [-0.2, 0) is 9.59 Å². The van der Waals surface area contributed by atoms with Gasteiger partial charge in [-0.05, 0) is 12.8 Å². The Morgan fingerprint density at radius 2 is 1.80 bits per heavy atom. The topological polar surface area (TPSA) is 86.6 Å². The summed E-state index contributed by atoms with van der Waals surface area (Å²) in [6.07, 6.45) is 3.49. The number of amides is 1. The van der Waals surface area contributed by atoms with Crippen LogP contribution in [0.25, 0.3) is 0 Å². The average molecular weight is 215 g/mol. The minimum atomic E-state index is -1.28. The zero-order chi connectivity index (χ0) is 11.5. The van der Waals surface area contributed by atoms with Crippen molar-refractivity contribution in [3.8, 4) is 0 Å². The van der Waals surface area contributed by atoms with Gasteiger partial charge in [0.2, 0.25) is 5.91 Å². The molecule has 0 aromatic heterocycles. The number of carbonyl (C=O) groups is 2. The third-order valence-corrected chi connectivity index (χ3v) is 2.85. The molecular formula is C10H17NO4. The third kappa shape index (κ3) is 2.92. The van der Waals surface area contributed by atoms with E-state index in [1.165, 1.54) is 6.92 Å². The Morgan fingerprint density at radius 3 is 2.20 bits per heavy atom. The molecule has 15 heavy (non-hydrogen) atoms. The van der Waals surface area contributed by atoms with E-state index in [1.807, 2.05) is 0 Å². The van der Waals surface area contributed by atoms with Crippen molar-refractivity contribution in [1.29, 1.82) is 0 Å². The Morgan fingerprint density at radius 1 is 1.27 bits per heavy atom. The number of carboxylic acid groups (broad SMARTS) is 1. The first-order valence-electron chi connectivity index (χ1n) is 5.18. The number of carbonyl (C=O) groups excluding carboxylic acids is 1. The lowest BCUT2D eigenvalue weighted by molar-refractivity contribution is -0.152. The molecule has 1 fully saturated rings. The van der Waals surface area contributed by atoms with Crippen LogP contribution in [0.15, 0.2) is 0 Å². The van der Waals surface area contributed by atoms with Crippen LogP contribution in [0.3, 0.4) is 0 Å². The van der Waals surface area contributed by atoms with Gasteiger partial charge in [0, 0.05) is 6.92 Å². The molecule has 0 heterocycles. The van der Waals surface area contributed by atoms with E-state index in [4.69, 9.17) is 5.11 Å². The second kappa shape index (κ2) is 4.61. The molecule has 0 aromatic rings. The van der Waals surface area contributed by atoms with E-state index in [-0.39, 0.29) is 0 Å². The van der Waals surface area contributed by atoms with Gasteiger partial charge in [-0.25, -0.2) is 4.79 Å². The van der Waals surface area contributed by atoms with E-state index in [1.54, 1.807) is 0 Å². The second-order valence-electron chi connectivity index (χ2n) is 4.14. The molecule has 0 aliphatic heterocycles. The van der Waals surface area contributed by atoms with Crippen molar-refractivity contribution in [3.05, 3.63) is 0 Å². The van der Waals surface area contributed by atoms with Gasteiger partial charge in [0.15, 0.2) is 6.04 Å². The number of rotatable bonds is 3. The molecule has 1 amide bonds. The van der Waals surface area contributed by atoms with Gasteiger partial charge >= 0.3 is 5.97 Å². The van der Waals surface area contributed by atoms with Gasteiger partial charge < -0.3 is 15.5 Å². The molecule has 1 aliphatic rings. The summed E-state index contributed by atoms with van der Waals surface area (Å²) in [6, 6.07) is -1.18. The van der Waals surface area contributed by atoms with Gasteiger partial charge in [0.05, 0.1) is 5.60 Å². The van der Waals surface area contributed by atoms with Crippen LogP contribution in [0, 0.1) is 0 Å². The van der Waals surface area contributed by atoms with Crippen molar-refractivity contribution >= 4 is 11.9 Å². The van der Waals surface area contributed by atoms with E-state index in [9.17, 15) is 14.7 Å². The second-order valence-corrected chi connectivity index (χ2v) is 4.14. The Labute approximate surface area is 88.5 Å². The maximum atomic E-state index is 11.0. The first kappa shape index (κ1) is 12.0. The summed E-state index contributed by atoms with van der Waals surface area (Å²) in [4.78, 5) is 21.8. The number of hydrogen-bond donors (Lipinski definition) is 3. The molecule has 5 nitrogen and oxygen atoms in total. The smallest absolute Gasteiger partial charge is 0.329 e. The molecule has 0 radical (unpaired) electrons. The molecule has 1 atom stereocenters. The Balaban J connectivity index is 2.76. The summed E-state index contributed by atoms with van der Waals surface area (Å²) < 4.78 is 0. The highest BCUT2D eigenvalue weighted by Gasteiger charge is 2.42. The molecule has 0 bridgehead atoms. The Hall–Kier alpha value is -1.10. The largest absolute Gasteiger partial charge is 0.480 e. The van der Waals surface area contributed by atoms with E-state index < -0.39 is 23.5 Å². The van der Waals surface area contributed by atoms with E-state index >= 15 is 0 Å². The van der Waals surface area contributed by atoms with E-state index in [2.05, 4.69) is 5.32 Å². The fraction of sp³-hybridized carbons (Fsp3) is 0.800. The maximum Gasteiger partial charge on any atom is 0.329 e. The van der Waals surface area contributed by atoms with Gasteiger partial charge in [-0.2, -0.15) is 0 Å². The quantitative estimate of drug-likeness (QED) is 0.630. The average Bonchev–Trinajstić information content (AvgIpc) is 2.14. The summed E-state index contributed by atoms with van der Waals surface area (Å²) in [5, 5.41) is 21.4.